The lowest BCUT2D eigenvalue weighted by Crippen LogP contribution is -2.36. The van der Waals surface area contributed by atoms with E-state index in [1.165, 1.54) is 0 Å². The van der Waals surface area contributed by atoms with Gasteiger partial charge in [0.15, 0.2) is 0 Å². The van der Waals surface area contributed by atoms with E-state index in [9.17, 15) is 4.79 Å². The Hall–Kier alpha value is -1.81. The maximum atomic E-state index is 12.0. The lowest BCUT2D eigenvalue weighted by molar-refractivity contribution is 0.126. The topological polar surface area (TPSA) is 38.3 Å². The summed E-state index contributed by atoms with van der Waals surface area (Å²) in [5.41, 5.74) is 0.910. The Labute approximate surface area is 130 Å². The molecule has 3 nitrogen and oxygen atoms in total. The van der Waals surface area contributed by atoms with Crippen LogP contribution in [0.1, 0.15) is 37.3 Å². The molecule has 1 N–H and O–H groups in total. The zero-order valence-corrected chi connectivity index (χ0v) is 13.4. The van der Waals surface area contributed by atoms with Gasteiger partial charge in [0.1, 0.15) is 6.61 Å². The van der Waals surface area contributed by atoms with Crippen LogP contribution in [0.15, 0.2) is 47.8 Å². The summed E-state index contributed by atoms with van der Waals surface area (Å²) in [6.07, 6.45) is -0.382. The molecule has 0 saturated carbocycles. The fourth-order valence-corrected chi connectivity index (χ4v) is 3.07. The normalized spacial score (nSPS) is 12.7. The van der Waals surface area contributed by atoms with Crippen molar-refractivity contribution in [2.45, 2.75) is 33.4 Å². The highest BCUT2D eigenvalue weighted by Gasteiger charge is 2.29. The third kappa shape index (κ3) is 4.60. The molecular formula is C17H21NO2S. The number of ether oxygens (including phenoxy) is 1. The van der Waals surface area contributed by atoms with Gasteiger partial charge in [0.2, 0.25) is 0 Å². The molecule has 1 aromatic carbocycles. The summed E-state index contributed by atoms with van der Waals surface area (Å²) in [6.45, 7) is 6.60. The Morgan fingerprint density at radius 1 is 1.19 bits per heavy atom. The first-order valence-electron chi connectivity index (χ1n) is 6.97. The molecule has 0 aliphatic carbocycles. The van der Waals surface area contributed by atoms with Crippen molar-refractivity contribution in [3.05, 3.63) is 58.3 Å². The van der Waals surface area contributed by atoms with E-state index in [1.807, 2.05) is 47.8 Å². The van der Waals surface area contributed by atoms with Gasteiger partial charge in [0.05, 0.1) is 6.04 Å². The van der Waals surface area contributed by atoms with Gasteiger partial charge in [-0.3, -0.25) is 0 Å². The highest BCUT2D eigenvalue weighted by atomic mass is 32.1. The zero-order valence-electron chi connectivity index (χ0n) is 12.6. The Morgan fingerprint density at radius 2 is 1.90 bits per heavy atom. The molecule has 2 rings (SSSR count). The van der Waals surface area contributed by atoms with Gasteiger partial charge in [-0.25, -0.2) is 4.79 Å². The van der Waals surface area contributed by atoms with E-state index in [2.05, 4.69) is 26.1 Å². The second-order valence-electron chi connectivity index (χ2n) is 6.02. The second-order valence-corrected chi connectivity index (χ2v) is 7.00. The first-order chi connectivity index (χ1) is 9.97. The fourth-order valence-electron chi connectivity index (χ4n) is 2.05. The number of carbonyl (C=O) groups excluding carboxylic acids is 1. The van der Waals surface area contributed by atoms with Crippen LogP contribution in [0, 0.1) is 5.41 Å². The number of thiophene rings is 1. The molecule has 0 bridgehead atoms. The van der Waals surface area contributed by atoms with Gasteiger partial charge in [0.25, 0.3) is 0 Å². The van der Waals surface area contributed by atoms with Crippen LogP contribution < -0.4 is 5.32 Å². The molecule has 0 radical (unpaired) electrons. The zero-order chi connectivity index (χ0) is 15.3. The Balaban J connectivity index is 1.96. The molecule has 2 aromatic rings. The summed E-state index contributed by atoms with van der Waals surface area (Å²) >= 11 is 1.64. The summed E-state index contributed by atoms with van der Waals surface area (Å²) in [5.74, 6) is 0. The minimum absolute atomic E-state index is 0.0548. The Morgan fingerprint density at radius 3 is 2.48 bits per heavy atom. The average Bonchev–Trinajstić information content (AvgIpc) is 2.96. The van der Waals surface area contributed by atoms with Gasteiger partial charge >= 0.3 is 6.09 Å². The molecule has 0 aliphatic rings. The quantitative estimate of drug-likeness (QED) is 0.884. The van der Waals surface area contributed by atoms with E-state index < -0.39 is 0 Å². The number of hydrogen-bond donors (Lipinski definition) is 1. The van der Waals surface area contributed by atoms with E-state index in [0.717, 1.165) is 10.4 Å². The molecule has 1 atom stereocenters. The second kappa shape index (κ2) is 6.76. The maximum Gasteiger partial charge on any atom is 0.407 e. The summed E-state index contributed by atoms with van der Waals surface area (Å²) < 4.78 is 5.31. The largest absolute Gasteiger partial charge is 0.445 e. The molecule has 21 heavy (non-hydrogen) atoms. The van der Waals surface area contributed by atoms with Crippen molar-refractivity contribution in [1.82, 2.24) is 5.32 Å². The summed E-state index contributed by atoms with van der Waals surface area (Å²) in [6, 6.07) is 13.7. The van der Waals surface area contributed by atoms with Gasteiger partial charge in [-0.1, -0.05) is 57.2 Å². The van der Waals surface area contributed by atoms with Gasteiger partial charge in [0, 0.05) is 4.88 Å². The van der Waals surface area contributed by atoms with Gasteiger partial charge in [-0.15, -0.1) is 11.3 Å². The predicted molar refractivity (Wildman–Crippen MR) is 86.3 cm³/mol. The molecule has 0 fully saturated rings. The molecule has 1 amide bonds. The van der Waals surface area contributed by atoms with Crippen molar-refractivity contribution >= 4 is 17.4 Å². The summed E-state index contributed by atoms with van der Waals surface area (Å²) in [7, 11) is 0. The number of rotatable bonds is 4. The smallest absolute Gasteiger partial charge is 0.407 e. The highest BCUT2D eigenvalue weighted by molar-refractivity contribution is 7.10. The number of benzene rings is 1. The lowest BCUT2D eigenvalue weighted by Gasteiger charge is -2.30. The molecular weight excluding hydrogens is 282 g/mol. The number of alkyl carbamates (subject to hydrolysis) is 1. The third-order valence-electron chi connectivity index (χ3n) is 3.17. The molecule has 0 spiro atoms. The summed E-state index contributed by atoms with van der Waals surface area (Å²) in [4.78, 5) is 13.2. The van der Waals surface area contributed by atoms with Gasteiger partial charge in [-0.2, -0.15) is 0 Å². The molecule has 1 heterocycles. The number of amides is 1. The minimum atomic E-state index is -0.382. The van der Waals surface area contributed by atoms with Crippen LogP contribution in [0.25, 0.3) is 0 Å². The van der Waals surface area contributed by atoms with Gasteiger partial charge in [-0.05, 0) is 22.4 Å². The SMILES string of the molecule is CC(C)(C)[C@H](NC(=O)OCc1ccccc1)c1cccs1. The van der Waals surface area contributed by atoms with Gasteiger partial charge < -0.3 is 10.1 Å². The molecule has 112 valence electrons. The molecule has 0 unspecified atom stereocenters. The van der Waals surface area contributed by atoms with E-state index in [1.54, 1.807) is 11.3 Å². The van der Waals surface area contributed by atoms with Crippen molar-refractivity contribution in [2.24, 2.45) is 5.41 Å². The van der Waals surface area contributed by atoms with Crippen LogP contribution in [0.2, 0.25) is 0 Å². The van der Waals surface area contributed by atoms with E-state index >= 15 is 0 Å². The molecule has 0 saturated heterocycles. The third-order valence-corrected chi connectivity index (χ3v) is 4.11. The molecule has 4 heteroatoms. The lowest BCUT2D eigenvalue weighted by atomic mass is 9.86. The number of carbonyl (C=O) groups is 1. The maximum absolute atomic E-state index is 12.0. The standard InChI is InChI=1S/C17H21NO2S/c1-17(2,3)15(14-10-7-11-21-14)18-16(19)20-12-13-8-5-4-6-9-13/h4-11,15H,12H2,1-3H3,(H,18,19)/t15-/m1/s1. The first kappa shape index (κ1) is 15.6. The van der Waals surface area contributed by atoms with E-state index in [4.69, 9.17) is 4.74 Å². The van der Waals surface area contributed by atoms with Crippen molar-refractivity contribution in [2.75, 3.05) is 0 Å². The molecule has 0 aliphatic heterocycles. The number of nitrogens with one attached hydrogen (secondary N) is 1. The van der Waals surface area contributed by atoms with E-state index in [0.29, 0.717) is 0 Å². The van der Waals surface area contributed by atoms with Crippen molar-refractivity contribution in [3.63, 3.8) is 0 Å². The molecule has 1 aromatic heterocycles. The van der Waals surface area contributed by atoms with Crippen molar-refractivity contribution < 1.29 is 9.53 Å². The predicted octanol–water partition coefficient (Wildman–Crippen LogP) is 4.76. The minimum Gasteiger partial charge on any atom is -0.445 e. The van der Waals surface area contributed by atoms with Crippen LogP contribution in [-0.2, 0) is 11.3 Å². The average molecular weight is 303 g/mol. The highest BCUT2D eigenvalue weighted by Crippen LogP contribution is 2.35. The Bertz CT molecular complexity index is 558. The monoisotopic (exact) mass is 303 g/mol. The Kier molecular flexibility index (Phi) is 5.02. The van der Waals surface area contributed by atoms with Crippen molar-refractivity contribution in [3.8, 4) is 0 Å². The van der Waals surface area contributed by atoms with Crippen LogP contribution in [0.5, 0.6) is 0 Å². The number of hydrogen-bond acceptors (Lipinski definition) is 3. The van der Waals surface area contributed by atoms with E-state index in [-0.39, 0.29) is 24.2 Å². The van der Waals surface area contributed by atoms with Crippen molar-refractivity contribution in [1.29, 1.82) is 0 Å². The summed E-state index contributed by atoms with van der Waals surface area (Å²) in [5, 5.41) is 5.00. The van der Waals surface area contributed by atoms with Crippen LogP contribution in [0.4, 0.5) is 4.79 Å². The first-order valence-corrected chi connectivity index (χ1v) is 7.85. The fraction of sp³-hybridized carbons (Fsp3) is 0.353. The van der Waals surface area contributed by atoms with Crippen LogP contribution in [-0.4, -0.2) is 6.09 Å². The van der Waals surface area contributed by atoms with Crippen LogP contribution >= 0.6 is 11.3 Å². The van der Waals surface area contributed by atoms with Crippen LogP contribution in [0.3, 0.4) is 0 Å².